The normalized spacial score (nSPS) is 9.74. The standard InChI is InChI=1S/C9H9N.C7H6O2/c1-10-7-6-8-4-2-3-5-9(8)10;8-7(9)6-4-2-1-3-5-6/h2-7H,1H3;1-5H,(H,8,9). The molecule has 0 aliphatic carbocycles. The van der Waals surface area contributed by atoms with E-state index >= 15 is 0 Å². The van der Waals surface area contributed by atoms with Gasteiger partial charge in [0.25, 0.3) is 0 Å². The van der Waals surface area contributed by atoms with Gasteiger partial charge in [0.05, 0.1) is 5.56 Å². The van der Waals surface area contributed by atoms with Gasteiger partial charge in [0.15, 0.2) is 0 Å². The van der Waals surface area contributed by atoms with Crippen LogP contribution in [0.4, 0.5) is 0 Å². The van der Waals surface area contributed by atoms with Gasteiger partial charge in [-0.25, -0.2) is 4.79 Å². The molecule has 0 saturated heterocycles. The highest BCUT2D eigenvalue weighted by Gasteiger charge is 1.96. The second-order valence-corrected chi connectivity index (χ2v) is 4.16. The molecule has 3 nitrogen and oxygen atoms in total. The maximum Gasteiger partial charge on any atom is 0.335 e. The SMILES string of the molecule is Cn1ccc2ccccc21.O=C(O)c1ccccc1. The predicted molar refractivity (Wildman–Crippen MR) is 76.3 cm³/mol. The Kier molecular flexibility index (Phi) is 3.98. The Hall–Kier alpha value is -2.55. The van der Waals surface area contributed by atoms with Crippen molar-refractivity contribution < 1.29 is 9.90 Å². The Bertz CT molecular complexity index is 671. The molecule has 0 saturated carbocycles. The molecule has 0 radical (unpaired) electrons. The summed E-state index contributed by atoms with van der Waals surface area (Å²) in [5.74, 6) is -0.879. The molecule has 1 aromatic heterocycles. The fourth-order valence-electron chi connectivity index (χ4n) is 1.80. The number of nitrogens with zero attached hydrogens (tertiary/aromatic N) is 1. The Morgan fingerprint density at radius 1 is 0.947 bits per heavy atom. The molecule has 1 heterocycles. The van der Waals surface area contributed by atoms with E-state index in [9.17, 15) is 4.79 Å². The summed E-state index contributed by atoms with van der Waals surface area (Å²) in [6.45, 7) is 0. The lowest BCUT2D eigenvalue weighted by Crippen LogP contribution is -1.93. The van der Waals surface area contributed by atoms with Crippen LogP contribution in [0.25, 0.3) is 10.9 Å². The van der Waals surface area contributed by atoms with Crippen LogP contribution in [0.3, 0.4) is 0 Å². The summed E-state index contributed by atoms with van der Waals surface area (Å²) in [4.78, 5) is 10.2. The Morgan fingerprint density at radius 3 is 2.16 bits per heavy atom. The monoisotopic (exact) mass is 253 g/mol. The van der Waals surface area contributed by atoms with Crippen molar-refractivity contribution in [3.05, 3.63) is 72.4 Å². The number of carbonyl (C=O) groups is 1. The van der Waals surface area contributed by atoms with Gasteiger partial charge in [-0.05, 0) is 29.7 Å². The number of benzene rings is 2. The van der Waals surface area contributed by atoms with Gasteiger partial charge in [0.1, 0.15) is 0 Å². The number of aryl methyl sites for hydroxylation is 1. The summed E-state index contributed by atoms with van der Waals surface area (Å²) in [6, 6.07) is 18.8. The summed E-state index contributed by atoms with van der Waals surface area (Å²) in [5, 5.41) is 9.70. The van der Waals surface area contributed by atoms with Gasteiger partial charge in [-0.15, -0.1) is 0 Å². The molecule has 0 unspecified atom stereocenters. The summed E-state index contributed by atoms with van der Waals surface area (Å²) < 4.78 is 2.12. The van der Waals surface area contributed by atoms with Crippen LogP contribution in [0, 0.1) is 0 Å². The minimum atomic E-state index is -0.879. The second kappa shape index (κ2) is 5.87. The number of aromatic carboxylic acids is 1. The van der Waals surface area contributed by atoms with Gasteiger partial charge in [-0.3, -0.25) is 0 Å². The predicted octanol–water partition coefficient (Wildman–Crippen LogP) is 3.56. The zero-order chi connectivity index (χ0) is 13.7. The van der Waals surface area contributed by atoms with Gasteiger partial charge in [0.2, 0.25) is 0 Å². The van der Waals surface area contributed by atoms with E-state index in [2.05, 4.69) is 48.1 Å². The van der Waals surface area contributed by atoms with E-state index in [1.54, 1.807) is 30.3 Å². The summed E-state index contributed by atoms with van der Waals surface area (Å²) in [6.07, 6.45) is 2.07. The topological polar surface area (TPSA) is 42.2 Å². The average Bonchev–Trinajstić information content (AvgIpc) is 2.83. The zero-order valence-electron chi connectivity index (χ0n) is 10.7. The van der Waals surface area contributed by atoms with Crippen LogP contribution < -0.4 is 0 Å². The molecule has 0 aliphatic rings. The van der Waals surface area contributed by atoms with Crippen LogP contribution in [0.1, 0.15) is 10.4 Å². The summed E-state index contributed by atoms with van der Waals surface area (Å²) in [5.41, 5.74) is 1.63. The number of fused-ring (bicyclic) bond motifs is 1. The van der Waals surface area contributed by atoms with Crippen molar-refractivity contribution in [3.63, 3.8) is 0 Å². The third-order valence-electron chi connectivity index (χ3n) is 2.82. The van der Waals surface area contributed by atoms with Crippen LogP contribution in [0.15, 0.2) is 66.9 Å². The minimum absolute atomic E-state index is 0.331. The number of aromatic nitrogens is 1. The maximum absolute atomic E-state index is 10.2. The lowest BCUT2D eigenvalue weighted by atomic mass is 10.2. The van der Waals surface area contributed by atoms with E-state index in [1.807, 2.05) is 0 Å². The molecule has 0 fully saturated rings. The van der Waals surface area contributed by atoms with Crippen LogP contribution in [0.5, 0.6) is 0 Å². The van der Waals surface area contributed by atoms with Crippen molar-refractivity contribution in [1.82, 2.24) is 4.57 Å². The molecule has 3 rings (SSSR count). The number of para-hydroxylation sites is 1. The zero-order valence-corrected chi connectivity index (χ0v) is 10.7. The molecule has 96 valence electrons. The third-order valence-corrected chi connectivity index (χ3v) is 2.82. The van der Waals surface area contributed by atoms with Crippen molar-refractivity contribution in [1.29, 1.82) is 0 Å². The van der Waals surface area contributed by atoms with Crippen LogP contribution >= 0.6 is 0 Å². The first-order valence-electron chi connectivity index (χ1n) is 5.97. The number of hydrogen-bond acceptors (Lipinski definition) is 1. The highest BCUT2D eigenvalue weighted by atomic mass is 16.4. The fourth-order valence-corrected chi connectivity index (χ4v) is 1.80. The molecule has 3 heteroatoms. The largest absolute Gasteiger partial charge is 0.478 e. The van der Waals surface area contributed by atoms with Gasteiger partial charge in [-0.2, -0.15) is 0 Å². The Balaban J connectivity index is 0.000000141. The Labute approximate surface area is 111 Å². The van der Waals surface area contributed by atoms with Gasteiger partial charge in [0, 0.05) is 18.8 Å². The molecule has 3 aromatic rings. The smallest absolute Gasteiger partial charge is 0.335 e. The summed E-state index contributed by atoms with van der Waals surface area (Å²) in [7, 11) is 2.06. The van der Waals surface area contributed by atoms with Crippen molar-refractivity contribution >= 4 is 16.9 Å². The lowest BCUT2D eigenvalue weighted by Gasteiger charge is -1.92. The highest BCUT2D eigenvalue weighted by molar-refractivity contribution is 5.87. The molecule has 1 N–H and O–H groups in total. The van der Waals surface area contributed by atoms with E-state index in [0.717, 1.165) is 0 Å². The first-order chi connectivity index (χ1) is 9.18. The molecule has 19 heavy (non-hydrogen) atoms. The van der Waals surface area contributed by atoms with E-state index in [4.69, 9.17) is 5.11 Å². The molecular formula is C16H15NO2. The van der Waals surface area contributed by atoms with Crippen LogP contribution in [-0.4, -0.2) is 15.6 Å². The van der Waals surface area contributed by atoms with E-state index < -0.39 is 5.97 Å². The van der Waals surface area contributed by atoms with E-state index in [-0.39, 0.29) is 0 Å². The average molecular weight is 253 g/mol. The highest BCUT2D eigenvalue weighted by Crippen LogP contribution is 2.12. The number of hydrogen-bond donors (Lipinski definition) is 1. The molecular weight excluding hydrogens is 238 g/mol. The first-order valence-corrected chi connectivity index (χ1v) is 5.97. The number of carboxylic acids is 1. The van der Waals surface area contributed by atoms with E-state index in [1.165, 1.54) is 10.9 Å². The van der Waals surface area contributed by atoms with Crippen molar-refractivity contribution in [2.75, 3.05) is 0 Å². The molecule has 0 amide bonds. The quantitative estimate of drug-likeness (QED) is 0.720. The maximum atomic E-state index is 10.2. The van der Waals surface area contributed by atoms with Gasteiger partial charge < -0.3 is 9.67 Å². The first kappa shape index (κ1) is 12.9. The molecule has 0 aliphatic heterocycles. The number of carboxylic acid groups (broad SMARTS) is 1. The van der Waals surface area contributed by atoms with Crippen molar-refractivity contribution in [2.45, 2.75) is 0 Å². The Morgan fingerprint density at radius 2 is 1.58 bits per heavy atom. The minimum Gasteiger partial charge on any atom is -0.478 e. The summed E-state index contributed by atoms with van der Waals surface area (Å²) >= 11 is 0. The molecule has 0 bridgehead atoms. The second-order valence-electron chi connectivity index (χ2n) is 4.16. The fraction of sp³-hybridized carbons (Fsp3) is 0.0625. The van der Waals surface area contributed by atoms with Crippen LogP contribution in [-0.2, 0) is 7.05 Å². The van der Waals surface area contributed by atoms with Gasteiger partial charge >= 0.3 is 5.97 Å². The lowest BCUT2D eigenvalue weighted by molar-refractivity contribution is 0.0697. The van der Waals surface area contributed by atoms with Crippen LogP contribution in [0.2, 0.25) is 0 Å². The number of rotatable bonds is 1. The molecule has 2 aromatic carbocycles. The molecule has 0 spiro atoms. The van der Waals surface area contributed by atoms with Crippen molar-refractivity contribution in [3.8, 4) is 0 Å². The third kappa shape index (κ3) is 3.22. The molecule has 0 atom stereocenters. The van der Waals surface area contributed by atoms with Crippen molar-refractivity contribution in [2.24, 2.45) is 7.05 Å². The van der Waals surface area contributed by atoms with E-state index in [0.29, 0.717) is 5.56 Å². The van der Waals surface area contributed by atoms with Gasteiger partial charge in [-0.1, -0.05) is 36.4 Å².